The molecule has 1 saturated heterocycles. The van der Waals surface area contributed by atoms with Crippen molar-refractivity contribution in [3.8, 4) is 11.5 Å². The van der Waals surface area contributed by atoms with Gasteiger partial charge in [-0.2, -0.15) is 0 Å². The Morgan fingerprint density at radius 2 is 1.97 bits per heavy atom. The molecule has 0 bridgehead atoms. The Kier molecular flexibility index (Phi) is 5.79. The predicted molar refractivity (Wildman–Crippen MR) is 129 cm³/mol. The number of rotatable bonds is 4. The van der Waals surface area contributed by atoms with Crippen molar-refractivity contribution in [1.29, 1.82) is 0 Å². The number of fused-ring (bicyclic) bond motifs is 1. The Labute approximate surface area is 197 Å². The lowest BCUT2D eigenvalue weighted by atomic mass is 9.99. The maximum Gasteiger partial charge on any atom is 0.232 e. The molecule has 168 valence electrons. The van der Waals surface area contributed by atoms with Gasteiger partial charge in [-0.15, -0.1) is 0 Å². The summed E-state index contributed by atoms with van der Waals surface area (Å²) in [7, 11) is 0. The van der Waals surface area contributed by atoms with E-state index in [9.17, 15) is 9.90 Å². The Bertz CT molecular complexity index is 1240. The summed E-state index contributed by atoms with van der Waals surface area (Å²) in [5, 5.41) is 11.5. The molecule has 2 aliphatic rings. The van der Waals surface area contributed by atoms with Crippen molar-refractivity contribution in [2.45, 2.75) is 13.5 Å². The highest BCUT2D eigenvalue weighted by molar-refractivity contribution is 6.30. The monoisotopic (exact) mass is 461 g/mol. The maximum atomic E-state index is 13.1. The van der Waals surface area contributed by atoms with Gasteiger partial charge in [-0.25, -0.2) is 0 Å². The van der Waals surface area contributed by atoms with E-state index < -0.39 is 0 Å². The number of piperazine rings is 1. The van der Waals surface area contributed by atoms with Crippen molar-refractivity contribution in [2.24, 2.45) is 0 Å². The number of hydrogen-bond acceptors (Lipinski definition) is 6. The summed E-state index contributed by atoms with van der Waals surface area (Å²) >= 11 is 6.14. The van der Waals surface area contributed by atoms with Gasteiger partial charge in [0, 0.05) is 55.8 Å². The molecule has 3 aromatic rings. The number of benzene rings is 2. The first-order valence-electron chi connectivity index (χ1n) is 10.9. The molecule has 0 saturated carbocycles. The molecule has 1 N–H and O–H groups in total. The molecule has 0 unspecified atom stereocenters. The minimum absolute atomic E-state index is 0.152. The number of phenolic OH excluding ortho intramolecular Hbond substituents is 1. The van der Waals surface area contributed by atoms with Crippen LogP contribution in [0.4, 0.5) is 5.69 Å². The number of allylic oxidation sites excluding steroid dienone is 1. The average Bonchev–Trinajstić information content (AvgIpc) is 3.14. The highest BCUT2D eigenvalue weighted by Crippen LogP contribution is 2.42. The van der Waals surface area contributed by atoms with Crippen LogP contribution in [0.3, 0.4) is 0 Å². The number of carbonyl (C=O) groups excluding carboxylic acids is 1. The van der Waals surface area contributed by atoms with Crippen LogP contribution in [0.5, 0.6) is 11.5 Å². The molecule has 1 fully saturated rings. The number of hydrogen-bond donors (Lipinski definition) is 1. The molecule has 0 amide bonds. The van der Waals surface area contributed by atoms with Crippen LogP contribution in [0.15, 0.2) is 60.6 Å². The standard InChI is InChI=1S/C26H24ClN3O3/c1-17-12-22(31)21(16-29-8-10-30(11-9-29)20-6-2-5-19(27)14-20)26-24(17)25(32)23(33-26)13-18-4-3-7-28-15-18/h2-7,12-15,31H,8-11,16H2,1H3/b23-13-. The van der Waals surface area contributed by atoms with E-state index in [0.29, 0.717) is 29.0 Å². The molecule has 33 heavy (non-hydrogen) atoms. The number of halogens is 1. The lowest BCUT2D eigenvalue weighted by Crippen LogP contribution is -2.46. The van der Waals surface area contributed by atoms with Crippen LogP contribution in [0, 0.1) is 6.92 Å². The van der Waals surface area contributed by atoms with Gasteiger partial charge >= 0.3 is 0 Å². The van der Waals surface area contributed by atoms with E-state index >= 15 is 0 Å². The number of anilines is 1. The summed E-state index contributed by atoms with van der Waals surface area (Å²) in [4.78, 5) is 21.7. The van der Waals surface area contributed by atoms with Crippen LogP contribution in [-0.2, 0) is 6.54 Å². The minimum atomic E-state index is -0.168. The number of Topliss-reactive ketones (excluding diaryl/α,β-unsaturated/α-hetero) is 1. The zero-order valence-electron chi connectivity index (χ0n) is 18.3. The van der Waals surface area contributed by atoms with Crippen LogP contribution in [0.1, 0.15) is 27.0 Å². The summed E-state index contributed by atoms with van der Waals surface area (Å²) in [6.45, 7) is 5.66. The molecule has 6 nitrogen and oxygen atoms in total. The quantitative estimate of drug-likeness (QED) is 0.569. The van der Waals surface area contributed by atoms with E-state index in [1.165, 1.54) is 0 Å². The van der Waals surface area contributed by atoms with Crippen molar-refractivity contribution in [3.63, 3.8) is 0 Å². The van der Waals surface area contributed by atoms with Gasteiger partial charge in [-0.3, -0.25) is 14.7 Å². The fourth-order valence-electron chi connectivity index (χ4n) is 4.41. The number of phenols is 1. The number of aromatic nitrogens is 1. The lowest BCUT2D eigenvalue weighted by molar-refractivity contribution is 0.101. The molecule has 2 aliphatic heterocycles. The second-order valence-electron chi connectivity index (χ2n) is 8.36. The van der Waals surface area contributed by atoms with Crippen molar-refractivity contribution in [2.75, 3.05) is 31.1 Å². The molecule has 0 spiro atoms. The summed E-state index contributed by atoms with van der Waals surface area (Å²) in [5.41, 5.74) is 3.77. The van der Waals surface area contributed by atoms with Crippen LogP contribution >= 0.6 is 11.6 Å². The van der Waals surface area contributed by atoms with E-state index in [1.54, 1.807) is 24.5 Å². The Morgan fingerprint density at radius 1 is 1.15 bits per heavy atom. The SMILES string of the molecule is Cc1cc(O)c(CN2CCN(c3cccc(Cl)c3)CC2)c2c1C(=O)/C(=C/c1cccnc1)O2. The van der Waals surface area contributed by atoms with E-state index in [0.717, 1.165) is 42.5 Å². The van der Waals surface area contributed by atoms with Gasteiger partial charge in [0.2, 0.25) is 5.78 Å². The smallest absolute Gasteiger partial charge is 0.232 e. The zero-order valence-corrected chi connectivity index (χ0v) is 19.0. The third-order valence-corrected chi connectivity index (χ3v) is 6.37. The molecule has 0 atom stereocenters. The van der Waals surface area contributed by atoms with Crippen molar-refractivity contribution in [3.05, 3.63) is 87.9 Å². The Hall–Kier alpha value is -3.35. The van der Waals surface area contributed by atoms with Gasteiger partial charge in [-0.1, -0.05) is 23.7 Å². The zero-order chi connectivity index (χ0) is 22.9. The topological polar surface area (TPSA) is 65.9 Å². The van der Waals surface area contributed by atoms with Crippen molar-refractivity contribution in [1.82, 2.24) is 9.88 Å². The van der Waals surface area contributed by atoms with Crippen LogP contribution in [0.2, 0.25) is 5.02 Å². The molecule has 3 heterocycles. The van der Waals surface area contributed by atoms with Gasteiger partial charge in [0.15, 0.2) is 5.76 Å². The van der Waals surface area contributed by atoms with Crippen molar-refractivity contribution >= 4 is 29.1 Å². The Morgan fingerprint density at radius 3 is 2.70 bits per heavy atom. The molecular weight excluding hydrogens is 438 g/mol. The number of aryl methyl sites for hydroxylation is 1. The summed E-state index contributed by atoms with van der Waals surface area (Å²) < 4.78 is 6.03. The minimum Gasteiger partial charge on any atom is -0.507 e. The lowest BCUT2D eigenvalue weighted by Gasteiger charge is -2.36. The van der Waals surface area contributed by atoms with Crippen molar-refractivity contribution < 1.29 is 14.6 Å². The second kappa shape index (κ2) is 8.89. The number of carbonyl (C=O) groups is 1. The number of ether oxygens (including phenoxy) is 1. The number of ketones is 1. The van der Waals surface area contributed by atoms with E-state index in [4.69, 9.17) is 16.3 Å². The van der Waals surface area contributed by atoms with E-state index in [2.05, 4.69) is 20.9 Å². The third kappa shape index (κ3) is 4.32. The fraction of sp³-hybridized carbons (Fsp3) is 0.231. The molecular formula is C26H24ClN3O3. The maximum absolute atomic E-state index is 13.1. The summed E-state index contributed by atoms with van der Waals surface area (Å²) in [6.07, 6.45) is 5.05. The molecule has 5 rings (SSSR count). The average molecular weight is 462 g/mol. The normalized spacial score (nSPS) is 17.3. The van der Waals surface area contributed by atoms with Crippen LogP contribution in [0.25, 0.3) is 6.08 Å². The number of pyridine rings is 1. The first-order valence-corrected chi connectivity index (χ1v) is 11.3. The van der Waals surface area contributed by atoms with Gasteiger partial charge in [0.1, 0.15) is 11.5 Å². The molecule has 1 aromatic heterocycles. The highest BCUT2D eigenvalue weighted by atomic mass is 35.5. The van der Waals surface area contributed by atoms with Crippen LogP contribution in [-0.4, -0.2) is 47.0 Å². The van der Waals surface area contributed by atoms with Gasteiger partial charge < -0.3 is 14.7 Å². The predicted octanol–water partition coefficient (Wildman–Crippen LogP) is 4.69. The Balaban J connectivity index is 1.36. The van der Waals surface area contributed by atoms with Gasteiger partial charge in [0.25, 0.3) is 0 Å². The second-order valence-corrected chi connectivity index (χ2v) is 8.80. The number of nitrogens with zero attached hydrogens (tertiary/aromatic N) is 3. The first kappa shape index (κ1) is 21.5. The third-order valence-electron chi connectivity index (χ3n) is 6.13. The van der Waals surface area contributed by atoms with Crippen LogP contribution < -0.4 is 9.64 Å². The van der Waals surface area contributed by atoms with Gasteiger partial charge in [0.05, 0.1) is 11.1 Å². The molecule has 2 aromatic carbocycles. The fourth-order valence-corrected chi connectivity index (χ4v) is 4.59. The molecule has 7 heteroatoms. The summed E-state index contributed by atoms with van der Waals surface area (Å²) in [5.74, 6) is 0.695. The highest BCUT2D eigenvalue weighted by Gasteiger charge is 2.34. The largest absolute Gasteiger partial charge is 0.507 e. The number of aromatic hydroxyl groups is 1. The first-order chi connectivity index (χ1) is 16.0. The molecule has 0 aliphatic carbocycles. The van der Waals surface area contributed by atoms with E-state index in [-0.39, 0.29) is 17.3 Å². The van der Waals surface area contributed by atoms with Gasteiger partial charge in [-0.05, 0) is 54.5 Å². The molecule has 0 radical (unpaired) electrons. The van der Waals surface area contributed by atoms with E-state index in [1.807, 2.05) is 37.3 Å². The summed E-state index contributed by atoms with van der Waals surface area (Å²) in [6, 6.07) is 13.2.